The maximum Gasteiger partial charge on any atom is 0.254 e. The molecule has 0 radical (unpaired) electrons. The summed E-state index contributed by atoms with van der Waals surface area (Å²) in [5, 5.41) is 4.08. The Morgan fingerprint density at radius 1 is 1.29 bits per heavy atom. The lowest BCUT2D eigenvalue weighted by Gasteiger charge is -2.61. The van der Waals surface area contributed by atoms with Gasteiger partial charge in [0, 0.05) is 52.2 Å². The molecule has 1 aromatic rings. The number of hydrogen-bond donors (Lipinski definition) is 0. The Labute approximate surface area is 165 Å². The molecule has 3 aliphatic rings. The van der Waals surface area contributed by atoms with Crippen LogP contribution in [0.2, 0.25) is 0 Å². The van der Waals surface area contributed by atoms with Crippen molar-refractivity contribution in [2.45, 2.75) is 61.7 Å². The van der Waals surface area contributed by atoms with E-state index < -0.39 is 16.1 Å². The van der Waals surface area contributed by atoms with Crippen LogP contribution in [0.5, 0.6) is 0 Å². The first-order chi connectivity index (χ1) is 13.4. The summed E-state index contributed by atoms with van der Waals surface area (Å²) in [5.74, 6) is 0.0231. The summed E-state index contributed by atoms with van der Waals surface area (Å²) in [6.07, 6.45) is 5.37. The van der Waals surface area contributed by atoms with Gasteiger partial charge in [-0.15, -0.1) is 0 Å². The predicted octanol–water partition coefficient (Wildman–Crippen LogP) is 0.463. The van der Waals surface area contributed by atoms with Crippen molar-refractivity contribution in [2.24, 2.45) is 0 Å². The largest absolute Gasteiger partial charge is 0.381 e. The van der Waals surface area contributed by atoms with Gasteiger partial charge in [0.25, 0.3) is 5.91 Å². The van der Waals surface area contributed by atoms with Gasteiger partial charge in [-0.2, -0.15) is 9.40 Å². The molecule has 1 spiro atoms. The van der Waals surface area contributed by atoms with Crippen LogP contribution in [-0.4, -0.2) is 84.4 Å². The molecule has 4 heterocycles. The van der Waals surface area contributed by atoms with Crippen LogP contribution in [0, 0.1) is 0 Å². The van der Waals surface area contributed by atoms with E-state index in [0.29, 0.717) is 45.7 Å². The summed E-state index contributed by atoms with van der Waals surface area (Å²) in [6, 6.07) is 0.0433. The quantitative estimate of drug-likeness (QED) is 0.653. The van der Waals surface area contributed by atoms with Gasteiger partial charge in [-0.25, -0.2) is 8.42 Å². The van der Waals surface area contributed by atoms with Gasteiger partial charge in [0.1, 0.15) is 4.90 Å². The number of ether oxygens (including phenoxy) is 2. The van der Waals surface area contributed by atoms with Gasteiger partial charge >= 0.3 is 0 Å². The predicted molar refractivity (Wildman–Crippen MR) is 100 cm³/mol. The monoisotopic (exact) mass is 412 g/mol. The molecule has 10 heteroatoms. The molecule has 4 rings (SSSR count). The van der Waals surface area contributed by atoms with E-state index in [2.05, 4.69) is 5.10 Å². The number of β-lactam (4-membered cyclic amide) rings is 1. The minimum atomic E-state index is -3.55. The average molecular weight is 413 g/mol. The smallest absolute Gasteiger partial charge is 0.254 e. The minimum Gasteiger partial charge on any atom is -0.381 e. The highest BCUT2D eigenvalue weighted by molar-refractivity contribution is 7.89. The average Bonchev–Trinajstić information content (AvgIpc) is 3.20. The maximum absolute atomic E-state index is 12.9. The van der Waals surface area contributed by atoms with Crippen LogP contribution in [0.25, 0.3) is 0 Å². The summed E-state index contributed by atoms with van der Waals surface area (Å²) in [6.45, 7) is 4.59. The first kappa shape index (κ1) is 19.8. The molecule has 1 unspecified atom stereocenters. The fourth-order valence-corrected chi connectivity index (χ4v) is 6.29. The van der Waals surface area contributed by atoms with Crippen molar-refractivity contribution in [1.82, 2.24) is 19.0 Å². The van der Waals surface area contributed by atoms with Crippen LogP contribution in [0.4, 0.5) is 0 Å². The first-order valence-corrected chi connectivity index (χ1v) is 11.3. The van der Waals surface area contributed by atoms with E-state index in [1.54, 1.807) is 18.0 Å². The van der Waals surface area contributed by atoms with Gasteiger partial charge in [0.15, 0.2) is 6.10 Å². The van der Waals surface area contributed by atoms with E-state index in [1.165, 1.54) is 10.5 Å². The Bertz CT molecular complexity index is 825. The second kappa shape index (κ2) is 7.40. The number of sulfonamides is 1. The Hall–Kier alpha value is -1.49. The van der Waals surface area contributed by atoms with Gasteiger partial charge < -0.3 is 14.4 Å². The third kappa shape index (κ3) is 2.97. The number of methoxy groups -OCH3 is 1. The molecule has 1 atom stereocenters. The number of hydrogen-bond acceptors (Lipinski definition) is 6. The Morgan fingerprint density at radius 2 is 1.96 bits per heavy atom. The molecule has 3 fully saturated rings. The fraction of sp³-hybridized carbons (Fsp3) is 0.778. The van der Waals surface area contributed by atoms with Gasteiger partial charge in [-0.05, 0) is 32.6 Å². The number of carbonyl (C=O) groups is 1. The third-order valence-electron chi connectivity index (χ3n) is 6.38. The molecule has 0 saturated carbocycles. The molecule has 1 aromatic heterocycles. The second-order valence-corrected chi connectivity index (χ2v) is 9.64. The van der Waals surface area contributed by atoms with E-state index in [4.69, 9.17) is 9.47 Å². The molecule has 3 aliphatic heterocycles. The van der Waals surface area contributed by atoms with Crippen LogP contribution < -0.4 is 0 Å². The van der Waals surface area contributed by atoms with Crippen molar-refractivity contribution < 1.29 is 22.7 Å². The van der Waals surface area contributed by atoms with Crippen LogP contribution in [0.1, 0.15) is 32.6 Å². The number of aryl methyl sites for hydroxylation is 1. The molecule has 0 aliphatic carbocycles. The third-order valence-corrected chi connectivity index (χ3v) is 8.24. The van der Waals surface area contributed by atoms with Crippen molar-refractivity contribution >= 4 is 15.9 Å². The van der Waals surface area contributed by atoms with Crippen molar-refractivity contribution in [3.05, 3.63) is 12.4 Å². The van der Waals surface area contributed by atoms with Crippen LogP contribution in [-0.2, 0) is 30.8 Å². The minimum absolute atomic E-state index is 0.0231. The van der Waals surface area contributed by atoms with Crippen molar-refractivity contribution in [2.75, 3.05) is 33.4 Å². The van der Waals surface area contributed by atoms with Gasteiger partial charge in [-0.1, -0.05) is 0 Å². The van der Waals surface area contributed by atoms with E-state index in [1.807, 2.05) is 11.8 Å². The van der Waals surface area contributed by atoms with Gasteiger partial charge in [-0.3, -0.25) is 9.48 Å². The summed E-state index contributed by atoms with van der Waals surface area (Å²) in [5.41, 5.74) is -0.294. The maximum atomic E-state index is 12.9. The van der Waals surface area contributed by atoms with Crippen molar-refractivity contribution in [3.8, 4) is 0 Å². The molecular weight excluding hydrogens is 384 g/mol. The Morgan fingerprint density at radius 3 is 2.54 bits per heavy atom. The highest BCUT2D eigenvalue weighted by atomic mass is 32.2. The Balaban J connectivity index is 1.46. The lowest BCUT2D eigenvalue weighted by molar-refractivity contribution is -0.213. The Kier molecular flexibility index (Phi) is 5.24. The van der Waals surface area contributed by atoms with Crippen LogP contribution in [0.3, 0.4) is 0 Å². The summed E-state index contributed by atoms with van der Waals surface area (Å²) in [7, 11) is -1.96. The van der Waals surface area contributed by atoms with Crippen LogP contribution in [0.15, 0.2) is 17.3 Å². The molecule has 156 valence electrons. The van der Waals surface area contributed by atoms with Crippen LogP contribution >= 0.6 is 0 Å². The first-order valence-electron chi connectivity index (χ1n) is 9.90. The van der Waals surface area contributed by atoms with E-state index in [9.17, 15) is 13.2 Å². The van der Waals surface area contributed by atoms with E-state index in [-0.39, 0.29) is 22.4 Å². The molecule has 1 amide bonds. The van der Waals surface area contributed by atoms with Gasteiger partial charge in [0.05, 0.1) is 11.7 Å². The molecular formula is C18H28N4O5S. The second-order valence-electron chi connectivity index (χ2n) is 7.71. The zero-order valence-corrected chi connectivity index (χ0v) is 17.2. The highest BCUT2D eigenvalue weighted by Crippen LogP contribution is 2.45. The standard InChI is InChI=1S/C18H28N4O5S/c1-3-20-13-15(12-19-20)28(24,25)21-8-4-14(5-9-21)22-17(23)16(26-2)18(22)6-10-27-11-7-18/h12-14,16H,3-11H2,1-2H3. The SMILES string of the molecule is CCn1cc(S(=O)(=O)N2CCC(N3C(=O)C(OC)C34CCOCC4)CC2)cn1. The van der Waals surface area contributed by atoms with E-state index >= 15 is 0 Å². The number of likely N-dealkylation sites (tertiary alicyclic amines) is 1. The van der Waals surface area contributed by atoms with Gasteiger partial charge in [0.2, 0.25) is 10.0 Å². The molecule has 3 saturated heterocycles. The topological polar surface area (TPSA) is 94.0 Å². The highest BCUT2D eigenvalue weighted by Gasteiger charge is 2.62. The summed E-state index contributed by atoms with van der Waals surface area (Å²) >= 11 is 0. The zero-order chi connectivity index (χ0) is 19.9. The number of rotatable bonds is 5. The molecule has 0 bridgehead atoms. The number of piperidine rings is 1. The molecule has 9 nitrogen and oxygen atoms in total. The molecule has 28 heavy (non-hydrogen) atoms. The number of carbonyl (C=O) groups excluding carboxylic acids is 1. The number of amides is 1. The van der Waals surface area contributed by atoms with Crippen molar-refractivity contribution in [1.29, 1.82) is 0 Å². The normalized spacial score (nSPS) is 26.6. The summed E-state index contributed by atoms with van der Waals surface area (Å²) < 4.78 is 39.9. The van der Waals surface area contributed by atoms with E-state index in [0.717, 1.165) is 12.8 Å². The van der Waals surface area contributed by atoms with Crippen molar-refractivity contribution in [3.63, 3.8) is 0 Å². The molecule has 0 N–H and O–H groups in total. The fourth-order valence-electron chi connectivity index (χ4n) is 4.87. The molecule has 0 aromatic carbocycles. The number of nitrogens with zero attached hydrogens (tertiary/aromatic N) is 4. The lowest BCUT2D eigenvalue weighted by Crippen LogP contribution is -2.79. The summed E-state index contributed by atoms with van der Waals surface area (Å²) in [4.78, 5) is 14.9. The number of aromatic nitrogens is 2. The lowest BCUT2D eigenvalue weighted by atomic mass is 9.72. The zero-order valence-electron chi connectivity index (χ0n) is 16.4.